The maximum absolute atomic E-state index is 13.0. The van der Waals surface area contributed by atoms with Crippen molar-refractivity contribution in [3.63, 3.8) is 0 Å². The molecule has 2 fully saturated rings. The Morgan fingerprint density at radius 2 is 1.92 bits per heavy atom. The van der Waals surface area contributed by atoms with Crippen LogP contribution in [0.3, 0.4) is 0 Å². The van der Waals surface area contributed by atoms with Crippen LogP contribution in [-0.4, -0.2) is 82.8 Å². The number of carbonyl (C=O) groups is 3. The highest BCUT2D eigenvalue weighted by Gasteiger charge is 2.42. The summed E-state index contributed by atoms with van der Waals surface area (Å²) in [6.45, 7) is 4.36. The zero-order valence-electron chi connectivity index (χ0n) is 15.2. The van der Waals surface area contributed by atoms with Gasteiger partial charge in [-0.25, -0.2) is 5.48 Å². The number of morpholine rings is 1. The van der Waals surface area contributed by atoms with Gasteiger partial charge in [-0.05, 0) is 19.3 Å². The number of likely N-dealkylation sites (tertiary alicyclic amines) is 1. The first-order valence-electron chi connectivity index (χ1n) is 9.30. The lowest BCUT2D eigenvalue weighted by molar-refractivity contribution is -0.154. The minimum atomic E-state index is -1.64. The SMILES string of the molecule is CCCC[C@@H](C(=O)N1CCCC1C(=O)N1CCOCC1)[C@H](O)C(=O)NO. The normalized spacial score (nSPS) is 22.8. The lowest BCUT2D eigenvalue weighted by Gasteiger charge is -2.34. The van der Waals surface area contributed by atoms with Gasteiger partial charge in [-0.15, -0.1) is 0 Å². The number of nitrogens with zero attached hydrogens (tertiary/aromatic N) is 2. The van der Waals surface area contributed by atoms with E-state index < -0.39 is 29.9 Å². The zero-order chi connectivity index (χ0) is 19.1. The van der Waals surface area contributed by atoms with Crippen molar-refractivity contribution < 1.29 is 29.4 Å². The lowest BCUT2D eigenvalue weighted by atomic mass is 9.93. The Hall–Kier alpha value is -1.71. The molecule has 0 bridgehead atoms. The average molecular weight is 371 g/mol. The molecule has 0 spiro atoms. The molecule has 3 amide bonds. The van der Waals surface area contributed by atoms with Crippen LogP contribution in [0.25, 0.3) is 0 Å². The highest BCUT2D eigenvalue weighted by molar-refractivity contribution is 5.92. The number of ether oxygens (including phenoxy) is 1. The molecule has 0 aromatic heterocycles. The van der Waals surface area contributed by atoms with Crippen molar-refractivity contribution in [2.45, 2.75) is 51.2 Å². The Bertz CT molecular complexity index is 509. The van der Waals surface area contributed by atoms with E-state index in [9.17, 15) is 19.5 Å². The van der Waals surface area contributed by atoms with Gasteiger partial charge in [0.25, 0.3) is 5.91 Å². The molecule has 26 heavy (non-hydrogen) atoms. The molecule has 3 atom stereocenters. The molecule has 3 N–H and O–H groups in total. The lowest BCUT2D eigenvalue weighted by Crippen LogP contribution is -2.54. The van der Waals surface area contributed by atoms with E-state index in [1.165, 1.54) is 10.4 Å². The molecule has 2 aliphatic rings. The highest BCUT2D eigenvalue weighted by atomic mass is 16.5. The van der Waals surface area contributed by atoms with Crippen molar-refractivity contribution in [3.8, 4) is 0 Å². The van der Waals surface area contributed by atoms with Crippen LogP contribution in [0.15, 0.2) is 0 Å². The van der Waals surface area contributed by atoms with Crippen LogP contribution in [0.5, 0.6) is 0 Å². The molecule has 0 aromatic carbocycles. The second-order valence-electron chi connectivity index (χ2n) is 6.80. The summed E-state index contributed by atoms with van der Waals surface area (Å²) >= 11 is 0. The number of amides is 3. The van der Waals surface area contributed by atoms with Crippen LogP contribution in [0, 0.1) is 5.92 Å². The van der Waals surface area contributed by atoms with Gasteiger partial charge in [0.05, 0.1) is 19.1 Å². The predicted molar refractivity (Wildman–Crippen MR) is 91.1 cm³/mol. The van der Waals surface area contributed by atoms with Gasteiger partial charge in [0.15, 0.2) is 0 Å². The number of aliphatic hydroxyl groups is 1. The van der Waals surface area contributed by atoms with E-state index >= 15 is 0 Å². The van der Waals surface area contributed by atoms with E-state index in [0.717, 1.165) is 6.42 Å². The second-order valence-corrected chi connectivity index (χ2v) is 6.80. The molecule has 9 heteroatoms. The zero-order valence-corrected chi connectivity index (χ0v) is 15.2. The maximum Gasteiger partial charge on any atom is 0.272 e. The number of rotatable bonds is 7. The minimum absolute atomic E-state index is 0.102. The van der Waals surface area contributed by atoms with Crippen LogP contribution in [-0.2, 0) is 19.1 Å². The number of aliphatic hydroxyl groups excluding tert-OH is 1. The number of hydroxylamine groups is 1. The van der Waals surface area contributed by atoms with Gasteiger partial charge >= 0.3 is 0 Å². The van der Waals surface area contributed by atoms with Crippen LogP contribution < -0.4 is 5.48 Å². The minimum Gasteiger partial charge on any atom is -0.382 e. The topological polar surface area (TPSA) is 119 Å². The van der Waals surface area contributed by atoms with Gasteiger partial charge in [-0.3, -0.25) is 19.6 Å². The third-order valence-electron chi connectivity index (χ3n) is 5.09. The first kappa shape index (κ1) is 20.6. The largest absolute Gasteiger partial charge is 0.382 e. The van der Waals surface area contributed by atoms with Crippen molar-refractivity contribution in [2.24, 2.45) is 5.92 Å². The summed E-state index contributed by atoms with van der Waals surface area (Å²) in [5, 5.41) is 19.0. The molecule has 0 aliphatic carbocycles. The van der Waals surface area contributed by atoms with Crippen LogP contribution in [0.4, 0.5) is 0 Å². The average Bonchev–Trinajstić information content (AvgIpc) is 3.17. The maximum atomic E-state index is 13.0. The second kappa shape index (κ2) is 9.84. The van der Waals surface area contributed by atoms with E-state index in [-0.39, 0.29) is 5.91 Å². The third-order valence-corrected chi connectivity index (χ3v) is 5.09. The summed E-state index contributed by atoms with van der Waals surface area (Å²) in [5.74, 6) is -2.48. The van der Waals surface area contributed by atoms with Gasteiger partial charge in [-0.1, -0.05) is 19.8 Å². The van der Waals surface area contributed by atoms with Crippen LogP contribution in [0.2, 0.25) is 0 Å². The van der Waals surface area contributed by atoms with E-state index in [1.807, 2.05) is 6.92 Å². The third kappa shape index (κ3) is 4.72. The van der Waals surface area contributed by atoms with Crippen molar-refractivity contribution >= 4 is 17.7 Å². The molecule has 2 rings (SSSR count). The van der Waals surface area contributed by atoms with E-state index in [4.69, 9.17) is 9.94 Å². The molecule has 0 radical (unpaired) electrons. The van der Waals surface area contributed by atoms with Crippen molar-refractivity contribution in [1.29, 1.82) is 0 Å². The smallest absolute Gasteiger partial charge is 0.272 e. The molecule has 2 saturated heterocycles. The molecule has 2 aliphatic heterocycles. The van der Waals surface area contributed by atoms with Crippen molar-refractivity contribution in [2.75, 3.05) is 32.8 Å². The fraction of sp³-hybridized carbons (Fsp3) is 0.824. The summed E-state index contributed by atoms with van der Waals surface area (Å²) in [4.78, 5) is 40.7. The van der Waals surface area contributed by atoms with Crippen molar-refractivity contribution in [1.82, 2.24) is 15.3 Å². The summed E-state index contributed by atoms with van der Waals surface area (Å²) in [6.07, 6.45) is 1.41. The summed E-state index contributed by atoms with van der Waals surface area (Å²) in [6, 6.07) is -0.561. The highest BCUT2D eigenvalue weighted by Crippen LogP contribution is 2.25. The standard InChI is InChI=1S/C17H29N3O6/c1-2-3-5-12(14(21)15(22)18-25)16(23)20-7-4-6-13(20)17(24)19-8-10-26-11-9-19/h12-14,21,25H,2-11H2,1H3,(H,18,22)/t12-,13?,14+/m1/s1. The van der Waals surface area contributed by atoms with E-state index in [1.54, 1.807) is 4.90 Å². The monoisotopic (exact) mass is 371 g/mol. The van der Waals surface area contributed by atoms with Gasteiger partial charge < -0.3 is 19.6 Å². The molecular weight excluding hydrogens is 342 g/mol. The Morgan fingerprint density at radius 1 is 1.23 bits per heavy atom. The summed E-state index contributed by atoms with van der Waals surface area (Å²) in [5.41, 5.74) is 1.40. The predicted octanol–water partition coefficient (Wildman–Crippen LogP) is -0.491. The van der Waals surface area contributed by atoms with E-state index in [2.05, 4.69) is 0 Å². The molecule has 0 aromatic rings. The van der Waals surface area contributed by atoms with Crippen molar-refractivity contribution in [3.05, 3.63) is 0 Å². The first-order chi connectivity index (χ1) is 12.5. The fourth-order valence-corrected chi connectivity index (χ4v) is 3.58. The van der Waals surface area contributed by atoms with Gasteiger partial charge in [-0.2, -0.15) is 0 Å². The molecule has 1 unspecified atom stereocenters. The fourth-order valence-electron chi connectivity index (χ4n) is 3.58. The molecule has 0 saturated carbocycles. The Morgan fingerprint density at radius 3 is 2.54 bits per heavy atom. The Labute approximate surface area is 153 Å². The quantitative estimate of drug-likeness (QED) is 0.410. The molecule has 9 nitrogen and oxygen atoms in total. The number of unbranched alkanes of at least 4 members (excludes halogenated alkanes) is 1. The number of carbonyl (C=O) groups excluding carboxylic acids is 3. The van der Waals surface area contributed by atoms with E-state index in [0.29, 0.717) is 58.5 Å². The summed E-state index contributed by atoms with van der Waals surface area (Å²) < 4.78 is 5.26. The Balaban J connectivity index is 2.11. The number of hydrogen-bond donors (Lipinski definition) is 3. The van der Waals surface area contributed by atoms with Gasteiger partial charge in [0.2, 0.25) is 11.8 Å². The Kier molecular flexibility index (Phi) is 7.80. The number of nitrogens with one attached hydrogen (secondary N) is 1. The van der Waals surface area contributed by atoms with Gasteiger partial charge in [0, 0.05) is 19.6 Å². The summed E-state index contributed by atoms with van der Waals surface area (Å²) in [7, 11) is 0. The molecule has 2 heterocycles. The molecular formula is C17H29N3O6. The first-order valence-corrected chi connectivity index (χ1v) is 9.30. The molecule has 148 valence electrons. The number of hydrogen-bond acceptors (Lipinski definition) is 6. The van der Waals surface area contributed by atoms with Gasteiger partial charge in [0.1, 0.15) is 12.1 Å². The van der Waals surface area contributed by atoms with Crippen LogP contribution in [0.1, 0.15) is 39.0 Å². The van der Waals surface area contributed by atoms with Crippen LogP contribution >= 0.6 is 0 Å².